The SMILES string of the molecule is O=[N+]([O-])c1cc(CCl)ccc1C(F)(F)F. The highest BCUT2D eigenvalue weighted by Gasteiger charge is 2.38. The standard InChI is InChI=1S/C8H5ClF3NO2/c9-4-5-1-2-6(8(10,11)12)7(3-5)13(14)15/h1-3H,4H2. The lowest BCUT2D eigenvalue weighted by Gasteiger charge is -2.07. The van der Waals surface area contributed by atoms with Gasteiger partial charge in [0.1, 0.15) is 5.56 Å². The van der Waals surface area contributed by atoms with Gasteiger partial charge in [-0.1, -0.05) is 6.07 Å². The summed E-state index contributed by atoms with van der Waals surface area (Å²) >= 11 is 5.37. The Balaban J connectivity index is 3.34. The van der Waals surface area contributed by atoms with E-state index in [1.807, 2.05) is 0 Å². The van der Waals surface area contributed by atoms with Gasteiger partial charge in [-0.15, -0.1) is 11.6 Å². The van der Waals surface area contributed by atoms with Crippen LogP contribution < -0.4 is 0 Å². The van der Waals surface area contributed by atoms with Gasteiger partial charge in [-0.2, -0.15) is 13.2 Å². The second kappa shape index (κ2) is 4.06. The monoisotopic (exact) mass is 239 g/mol. The molecule has 0 N–H and O–H groups in total. The average Bonchev–Trinajstić information content (AvgIpc) is 2.15. The lowest BCUT2D eigenvalue weighted by molar-refractivity contribution is -0.388. The van der Waals surface area contributed by atoms with Crippen LogP contribution in [0.3, 0.4) is 0 Å². The average molecular weight is 240 g/mol. The van der Waals surface area contributed by atoms with Crippen LogP contribution >= 0.6 is 11.6 Å². The first-order valence-corrected chi connectivity index (χ1v) is 4.30. The maximum absolute atomic E-state index is 12.3. The lowest BCUT2D eigenvalue weighted by Crippen LogP contribution is -2.09. The summed E-state index contributed by atoms with van der Waals surface area (Å²) in [6, 6.07) is 2.61. The van der Waals surface area contributed by atoms with Crippen molar-refractivity contribution in [2.24, 2.45) is 0 Å². The van der Waals surface area contributed by atoms with Crippen molar-refractivity contribution in [2.45, 2.75) is 12.1 Å². The van der Waals surface area contributed by atoms with Crippen LogP contribution in [0.15, 0.2) is 18.2 Å². The van der Waals surface area contributed by atoms with E-state index in [1.165, 1.54) is 0 Å². The molecule has 0 saturated heterocycles. The van der Waals surface area contributed by atoms with Gasteiger partial charge in [0.15, 0.2) is 0 Å². The zero-order chi connectivity index (χ0) is 11.6. The first kappa shape index (κ1) is 11.8. The number of nitro benzene ring substituents is 1. The van der Waals surface area contributed by atoms with Gasteiger partial charge in [0.05, 0.1) is 4.92 Å². The Kier molecular flexibility index (Phi) is 3.18. The van der Waals surface area contributed by atoms with E-state index in [1.54, 1.807) is 0 Å². The van der Waals surface area contributed by atoms with Gasteiger partial charge >= 0.3 is 6.18 Å². The number of nitrogens with zero attached hydrogens (tertiary/aromatic N) is 1. The molecule has 1 aromatic rings. The molecule has 0 radical (unpaired) electrons. The van der Waals surface area contributed by atoms with Crippen LogP contribution in [0, 0.1) is 10.1 Å². The lowest BCUT2D eigenvalue weighted by atomic mass is 10.1. The van der Waals surface area contributed by atoms with Crippen LogP contribution in [0.2, 0.25) is 0 Å². The number of hydrogen-bond donors (Lipinski definition) is 0. The van der Waals surface area contributed by atoms with Crippen LogP contribution in [-0.4, -0.2) is 4.92 Å². The Labute approximate surface area is 87.6 Å². The number of alkyl halides is 4. The fraction of sp³-hybridized carbons (Fsp3) is 0.250. The Hall–Kier alpha value is -1.30. The number of rotatable bonds is 2. The highest BCUT2D eigenvalue weighted by Crippen LogP contribution is 2.36. The van der Waals surface area contributed by atoms with Crippen molar-refractivity contribution in [1.82, 2.24) is 0 Å². The first-order chi connectivity index (χ1) is 6.86. The molecular formula is C8H5ClF3NO2. The number of benzene rings is 1. The van der Waals surface area contributed by atoms with Crippen molar-refractivity contribution in [3.05, 3.63) is 39.4 Å². The Bertz CT molecular complexity index is 392. The highest BCUT2D eigenvalue weighted by molar-refractivity contribution is 6.17. The molecule has 0 saturated carbocycles. The topological polar surface area (TPSA) is 43.1 Å². The summed E-state index contributed by atoms with van der Waals surface area (Å²) in [6.45, 7) is 0. The van der Waals surface area contributed by atoms with Crippen LogP contribution in [0.25, 0.3) is 0 Å². The number of nitro groups is 1. The summed E-state index contributed by atoms with van der Waals surface area (Å²) in [6.07, 6.45) is -4.73. The maximum atomic E-state index is 12.3. The molecule has 15 heavy (non-hydrogen) atoms. The minimum absolute atomic E-state index is 0.0705. The fourth-order valence-electron chi connectivity index (χ4n) is 1.05. The van der Waals surface area contributed by atoms with Crippen molar-refractivity contribution >= 4 is 17.3 Å². The molecule has 0 aliphatic rings. The molecule has 0 fully saturated rings. The Morgan fingerprint density at radius 2 is 2.00 bits per heavy atom. The van der Waals surface area contributed by atoms with Gasteiger partial charge in [0.25, 0.3) is 5.69 Å². The molecule has 0 bridgehead atoms. The molecule has 3 nitrogen and oxygen atoms in total. The van der Waals surface area contributed by atoms with E-state index in [0.717, 1.165) is 12.1 Å². The molecule has 0 unspecified atom stereocenters. The maximum Gasteiger partial charge on any atom is 0.422 e. The predicted molar refractivity (Wildman–Crippen MR) is 47.7 cm³/mol. The van der Waals surface area contributed by atoms with E-state index in [4.69, 9.17) is 11.6 Å². The molecule has 0 aliphatic heterocycles. The number of halogens is 4. The van der Waals surface area contributed by atoms with E-state index in [2.05, 4.69) is 0 Å². The third-order valence-corrected chi connectivity index (χ3v) is 2.03. The van der Waals surface area contributed by atoms with Gasteiger partial charge < -0.3 is 0 Å². The van der Waals surface area contributed by atoms with Gasteiger partial charge in [-0.05, 0) is 11.6 Å². The van der Waals surface area contributed by atoms with Crippen molar-refractivity contribution in [3.8, 4) is 0 Å². The summed E-state index contributed by atoms with van der Waals surface area (Å²) in [4.78, 5) is 9.33. The van der Waals surface area contributed by atoms with Gasteiger partial charge in [0, 0.05) is 11.9 Å². The molecule has 1 rings (SSSR count). The smallest absolute Gasteiger partial charge is 0.258 e. The molecule has 0 heterocycles. The van der Waals surface area contributed by atoms with Crippen molar-refractivity contribution in [1.29, 1.82) is 0 Å². The summed E-state index contributed by atoms with van der Waals surface area (Å²) in [5.74, 6) is -0.0705. The third-order valence-electron chi connectivity index (χ3n) is 1.72. The van der Waals surface area contributed by atoms with Crippen molar-refractivity contribution in [3.63, 3.8) is 0 Å². The van der Waals surface area contributed by atoms with Crippen molar-refractivity contribution in [2.75, 3.05) is 0 Å². The first-order valence-electron chi connectivity index (χ1n) is 3.76. The number of hydrogen-bond acceptors (Lipinski definition) is 2. The minimum atomic E-state index is -4.73. The van der Waals surface area contributed by atoms with Crippen molar-refractivity contribution < 1.29 is 18.1 Å². The predicted octanol–water partition coefficient (Wildman–Crippen LogP) is 3.35. The Morgan fingerprint density at radius 1 is 1.40 bits per heavy atom. The van der Waals surface area contributed by atoms with E-state index in [0.29, 0.717) is 6.07 Å². The normalized spacial score (nSPS) is 11.5. The third kappa shape index (κ3) is 2.59. The summed E-state index contributed by atoms with van der Waals surface area (Å²) < 4.78 is 36.9. The van der Waals surface area contributed by atoms with Gasteiger partial charge in [0.2, 0.25) is 0 Å². The minimum Gasteiger partial charge on any atom is -0.258 e. The van der Waals surface area contributed by atoms with Crippen LogP contribution in [-0.2, 0) is 12.1 Å². The van der Waals surface area contributed by atoms with Crippen LogP contribution in [0.5, 0.6) is 0 Å². The second-order valence-electron chi connectivity index (χ2n) is 2.74. The van der Waals surface area contributed by atoms with Gasteiger partial charge in [-0.25, -0.2) is 0 Å². The fourth-order valence-corrected chi connectivity index (χ4v) is 1.22. The molecule has 0 aromatic heterocycles. The van der Waals surface area contributed by atoms with E-state index in [9.17, 15) is 23.3 Å². The summed E-state index contributed by atoms with van der Waals surface area (Å²) in [5.41, 5.74) is -1.96. The highest BCUT2D eigenvalue weighted by atomic mass is 35.5. The zero-order valence-corrected chi connectivity index (χ0v) is 7.97. The van der Waals surface area contributed by atoms with Gasteiger partial charge in [-0.3, -0.25) is 10.1 Å². The van der Waals surface area contributed by atoms with E-state index in [-0.39, 0.29) is 11.4 Å². The van der Waals surface area contributed by atoms with Crippen LogP contribution in [0.4, 0.5) is 18.9 Å². The molecular weight excluding hydrogens is 235 g/mol. The van der Waals surface area contributed by atoms with E-state index >= 15 is 0 Å². The Morgan fingerprint density at radius 3 is 2.40 bits per heavy atom. The largest absolute Gasteiger partial charge is 0.422 e. The summed E-state index contributed by atoms with van der Waals surface area (Å²) in [7, 11) is 0. The zero-order valence-electron chi connectivity index (χ0n) is 7.21. The quantitative estimate of drug-likeness (QED) is 0.451. The molecule has 7 heteroatoms. The molecule has 1 aromatic carbocycles. The molecule has 0 aliphatic carbocycles. The second-order valence-corrected chi connectivity index (χ2v) is 3.01. The molecule has 0 atom stereocenters. The molecule has 82 valence electrons. The molecule has 0 spiro atoms. The summed E-state index contributed by atoms with van der Waals surface area (Å²) in [5, 5.41) is 10.4. The van der Waals surface area contributed by atoms with Crippen LogP contribution in [0.1, 0.15) is 11.1 Å². The van der Waals surface area contributed by atoms with E-state index < -0.39 is 22.4 Å². The molecule has 0 amide bonds.